The van der Waals surface area contributed by atoms with E-state index >= 15 is 0 Å². The van der Waals surface area contributed by atoms with E-state index in [1.165, 1.54) is 0 Å². The molecule has 0 saturated carbocycles. The summed E-state index contributed by atoms with van der Waals surface area (Å²) in [7, 11) is -0.174. The molecule has 2 atom stereocenters. The largest absolute Gasteiger partial charge is 0.497 e. The van der Waals surface area contributed by atoms with Gasteiger partial charge in [0.1, 0.15) is 11.4 Å². The van der Waals surface area contributed by atoms with Gasteiger partial charge in [-0.2, -0.15) is 5.10 Å². The third-order valence-corrected chi connectivity index (χ3v) is 6.96. The van der Waals surface area contributed by atoms with Crippen LogP contribution in [0, 0.1) is 5.92 Å². The average Bonchev–Trinajstić information content (AvgIpc) is 3.53. The molecule has 1 aromatic carbocycles. The van der Waals surface area contributed by atoms with Gasteiger partial charge >= 0.3 is 7.12 Å². The molecule has 3 rings (SSSR count). The Morgan fingerprint density at radius 2 is 1.90 bits per heavy atom. The van der Waals surface area contributed by atoms with Crippen LogP contribution in [0.15, 0.2) is 35.5 Å². The summed E-state index contributed by atoms with van der Waals surface area (Å²) in [5, 5.41) is 34.3. The standard InChI is InChI=1S/C29H44BN5O6/c1-18(2)12-25(30(38)39)32-27(37)29(15-20-10-9-11-22(13-20)40-8)16-21(34-41-29)17-31-26(36)23-14-24(28(5,6)7)33-35(23)19(3)4/h9-11,13-14,18-19,25,38-39H,12,15-17H2,1-8H3,(H,31,36)(H,32,37)/t25-,29?/m0/s1. The Hall–Kier alpha value is -3.38. The molecule has 1 aromatic heterocycles. The highest BCUT2D eigenvalue weighted by Crippen LogP contribution is 2.31. The van der Waals surface area contributed by atoms with Crippen molar-refractivity contribution in [2.75, 3.05) is 13.7 Å². The first kappa shape index (κ1) is 32.1. The number of hydrogen-bond acceptors (Lipinski definition) is 8. The zero-order valence-electron chi connectivity index (χ0n) is 25.4. The van der Waals surface area contributed by atoms with Crippen LogP contribution in [-0.2, 0) is 21.5 Å². The molecule has 1 aliphatic heterocycles. The predicted molar refractivity (Wildman–Crippen MR) is 158 cm³/mol. The molecule has 2 aromatic rings. The van der Waals surface area contributed by atoms with Crippen molar-refractivity contribution >= 4 is 24.6 Å². The summed E-state index contributed by atoms with van der Waals surface area (Å²) >= 11 is 0. The van der Waals surface area contributed by atoms with E-state index in [-0.39, 0.29) is 42.7 Å². The Bertz CT molecular complexity index is 1250. The van der Waals surface area contributed by atoms with E-state index < -0.39 is 24.6 Å². The lowest BCUT2D eigenvalue weighted by Gasteiger charge is -2.29. The lowest BCUT2D eigenvalue weighted by molar-refractivity contribution is -0.144. The highest BCUT2D eigenvalue weighted by molar-refractivity contribution is 6.43. The van der Waals surface area contributed by atoms with Gasteiger partial charge in [0, 0.05) is 24.3 Å². The summed E-state index contributed by atoms with van der Waals surface area (Å²) in [6.07, 6.45) is 0.618. The fourth-order valence-corrected chi connectivity index (χ4v) is 4.71. The quantitative estimate of drug-likeness (QED) is 0.288. The molecule has 0 bridgehead atoms. The molecule has 4 N–H and O–H groups in total. The monoisotopic (exact) mass is 569 g/mol. The number of nitrogens with zero attached hydrogens (tertiary/aromatic N) is 3. The van der Waals surface area contributed by atoms with Gasteiger partial charge in [0.25, 0.3) is 11.8 Å². The van der Waals surface area contributed by atoms with E-state index in [1.807, 2.05) is 66.7 Å². The van der Waals surface area contributed by atoms with Crippen LogP contribution in [0.5, 0.6) is 5.75 Å². The van der Waals surface area contributed by atoms with Crippen LogP contribution < -0.4 is 15.4 Å². The second-order valence-corrected chi connectivity index (χ2v) is 12.5. The number of nitrogens with one attached hydrogen (secondary N) is 2. The van der Waals surface area contributed by atoms with E-state index in [4.69, 9.17) is 9.57 Å². The zero-order chi connectivity index (χ0) is 30.5. The fraction of sp³-hybridized carbons (Fsp3) is 0.586. The van der Waals surface area contributed by atoms with Gasteiger partial charge in [0.05, 0.1) is 31.0 Å². The summed E-state index contributed by atoms with van der Waals surface area (Å²) < 4.78 is 7.05. The highest BCUT2D eigenvalue weighted by atomic mass is 16.7. The number of benzene rings is 1. The van der Waals surface area contributed by atoms with Crippen LogP contribution in [0.3, 0.4) is 0 Å². The molecule has 12 heteroatoms. The molecular formula is C29H44BN5O6. The van der Waals surface area contributed by atoms with Crippen molar-refractivity contribution in [3.8, 4) is 5.75 Å². The van der Waals surface area contributed by atoms with Crippen molar-refractivity contribution < 1.29 is 29.2 Å². The van der Waals surface area contributed by atoms with E-state index in [9.17, 15) is 19.6 Å². The Balaban J connectivity index is 1.80. The summed E-state index contributed by atoms with van der Waals surface area (Å²) in [4.78, 5) is 32.7. The van der Waals surface area contributed by atoms with Crippen LogP contribution in [0.4, 0.5) is 0 Å². The maximum atomic E-state index is 13.7. The highest BCUT2D eigenvalue weighted by Gasteiger charge is 2.48. The molecule has 11 nitrogen and oxygen atoms in total. The average molecular weight is 570 g/mol. The summed E-state index contributed by atoms with van der Waals surface area (Å²) in [6.45, 7) is 14.0. The number of ether oxygens (including phenoxy) is 1. The van der Waals surface area contributed by atoms with Gasteiger partial charge < -0.3 is 30.3 Å². The minimum atomic E-state index is -1.74. The van der Waals surface area contributed by atoms with Gasteiger partial charge in [-0.15, -0.1) is 0 Å². The Kier molecular flexibility index (Phi) is 10.3. The maximum absolute atomic E-state index is 13.7. The van der Waals surface area contributed by atoms with E-state index in [0.29, 0.717) is 23.6 Å². The van der Waals surface area contributed by atoms with Crippen LogP contribution in [0.1, 0.15) is 89.1 Å². The second-order valence-electron chi connectivity index (χ2n) is 12.5. The molecule has 0 spiro atoms. The fourth-order valence-electron chi connectivity index (χ4n) is 4.71. The van der Waals surface area contributed by atoms with Gasteiger partial charge in [0.15, 0.2) is 0 Å². The molecule has 2 heterocycles. The number of rotatable bonds is 12. The lowest BCUT2D eigenvalue weighted by Crippen LogP contribution is -2.56. The minimum absolute atomic E-state index is 0.0149. The van der Waals surface area contributed by atoms with Crippen LogP contribution >= 0.6 is 0 Å². The molecule has 41 heavy (non-hydrogen) atoms. The molecule has 0 fully saturated rings. The lowest BCUT2D eigenvalue weighted by atomic mass is 9.74. The smallest absolute Gasteiger partial charge is 0.475 e. The number of methoxy groups -OCH3 is 1. The topological polar surface area (TPSA) is 147 Å². The molecule has 1 aliphatic rings. The summed E-state index contributed by atoms with van der Waals surface area (Å²) in [6, 6.07) is 9.07. The van der Waals surface area contributed by atoms with E-state index in [2.05, 4.69) is 20.9 Å². The predicted octanol–water partition coefficient (Wildman–Crippen LogP) is 2.80. The van der Waals surface area contributed by atoms with Gasteiger partial charge in [-0.3, -0.25) is 14.3 Å². The minimum Gasteiger partial charge on any atom is -0.497 e. The summed E-state index contributed by atoms with van der Waals surface area (Å²) in [5.41, 5.74) is 0.845. The molecule has 0 saturated heterocycles. The number of carbonyl (C=O) groups is 2. The van der Waals surface area contributed by atoms with Gasteiger partial charge in [-0.25, -0.2) is 0 Å². The number of carbonyl (C=O) groups excluding carboxylic acids is 2. The molecular weight excluding hydrogens is 525 g/mol. The first-order valence-electron chi connectivity index (χ1n) is 14.1. The van der Waals surface area contributed by atoms with Crippen molar-refractivity contribution in [1.82, 2.24) is 20.4 Å². The van der Waals surface area contributed by atoms with Crippen LogP contribution in [-0.4, -0.2) is 69.7 Å². The Morgan fingerprint density at radius 1 is 1.20 bits per heavy atom. The first-order valence-corrected chi connectivity index (χ1v) is 14.1. The van der Waals surface area contributed by atoms with Crippen molar-refractivity contribution in [2.45, 2.75) is 90.7 Å². The number of amides is 2. The number of oxime groups is 1. The molecule has 0 radical (unpaired) electrons. The van der Waals surface area contributed by atoms with Gasteiger partial charge in [0.2, 0.25) is 5.60 Å². The number of hydrogen-bond donors (Lipinski definition) is 4. The van der Waals surface area contributed by atoms with Crippen LogP contribution in [0.2, 0.25) is 0 Å². The molecule has 1 unspecified atom stereocenters. The third-order valence-electron chi connectivity index (χ3n) is 6.96. The number of aromatic nitrogens is 2. The van der Waals surface area contributed by atoms with Crippen molar-refractivity contribution in [3.05, 3.63) is 47.3 Å². The van der Waals surface area contributed by atoms with Crippen molar-refractivity contribution in [1.29, 1.82) is 0 Å². The molecule has 224 valence electrons. The van der Waals surface area contributed by atoms with E-state index in [0.717, 1.165) is 11.3 Å². The normalized spacial score (nSPS) is 17.7. The van der Waals surface area contributed by atoms with Crippen molar-refractivity contribution in [3.63, 3.8) is 0 Å². The summed E-state index contributed by atoms with van der Waals surface area (Å²) in [5.74, 6) is -0.966. The Morgan fingerprint density at radius 3 is 2.49 bits per heavy atom. The zero-order valence-corrected chi connectivity index (χ0v) is 25.4. The van der Waals surface area contributed by atoms with Crippen LogP contribution in [0.25, 0.3) is 0 Å². The third kappa shape index (κ3) is 8.10. The van der Waals surface area contributed by atoms with Gasteiger partial charge in [-0.05, 0) is 49.9 Å². The Labute approximate surface area is 242 Å². The SMILES string of the molecule is COc1cccc(CC2(C(=O)N[C@@H](CC(C)C)B(O)O)CC(CNC(=O)c3cc(C(C)(C)C)nn3C(C)C)=NO2)c1. The van der Waals surface area contributed by atoms with E-state index in [1.54, 1.807) is 23.9 Å². The molecule has 0 aliphatic carbocycles. The van der Waals surface area contributed by atoms with Gasteiger partial charge in [-0.1, -0.05) is 51.9 Å². The molecule has 2 amide bonds. The second kappa shape index (κ2) is 13.1. The van der Waals surface area contributed by atoms with Crippen molar-refractivity contribution in [2.24, 2.45) is 11.1 Å². The maximum Gasteiger partial charge on any atom is 0.475 e. The first-order chi connectivity index (χ1) is 19.1.